The van der Waals surface area contributed by atoms with Crippen LogP contribution >= 0.6 is 0 Å². The van der Waals surface area contributed by atoms with Crippen LogP contribution in [0.3, 0.4) is 0 Å². The van der Waals surface area contributed by atoms with Crippen molar-refractivity contribution in [1.82, 2.24) is 4.72 Å². The van der Waals surface area contributed by atoms with Gasteiger partial charge < -0.3 is 5.32 Å². The number of anilines is 1. The third-order valence-corrected chi connectivity index (χ3v) is 4.03. The van der Waals surface area contributed by atoms with Crippen molar-refractivity contribution in [2.24, 2.45) is 0 Å². The fourth-order valence-corrected chi connectivity index (χ4v) is 2.60. The highest BCUT2D eigenvalue weighted by molar-refractivity contribution is 7.89. The van der Waals surface area contributed by atoms with Gasteiger partial charge in [0.15, 0.2) is 0 Å². The predicted octanol–water partition coefficient (Wildman–Crippen LogP) is 1.71. The molecule has 0 radical (unpaired) electrons. The van der Waals surface area contributed by atoms with Crippen LogP contribution in [0.25, 0.3) is 0 Å². The molecule has 0 spiro atoms. The zero-order valence-electron chi connectivity index (χ0n) is 10.8. The lowest BCUT2D eigenvalue weighted by Gasteiger charge is -2.08. The number of hydrogen-bond donors (Lipinski definition) is 2. The molecule has 0 unspecified atom stereocenters. The summed E-state index contributed by atoms with van der Waals surface area (Å²) in [5, 5.41) is 13.5. The lowest BCUT2D eigenvalue weighted by molar-refractivity contribution is -0.384. The van der Waals surface area contributed by atoms with Crippen LogP contribution in [-0.2, 0) is 10.0 Å². The van der Waals surface area contributed by atoms with Gasteiger partial charge >= 0.3 is 0 Å². The smallest absolute Gasteiger partial charge is 0.293 e. The van der Waals surface area contributed by atoms with Crippen LogP contribution in [0.1, 0.15) is 19.8 Å². The minimum absolute atomic E-state index is 0.102. The van der Waals surface area contributed by atoms with Crippen molar-refractivity contribution in [3.8, 4) is 0 Å². The van der Waals surface area contributed by atoms with Crippen molar-refractivity contribution in [3.63, 3.8) is 0 Å². The molecule has 1 aromatic rings. The first-order valence-corrected chi connectivity index (χ1v) is 7.36. The van der Waals surface area contributed by atoms with Gasteiger partial charge in [-0.05, 0) is 18.6 Å². The van der Waals surface area contributed by atoms with Gasteiger partial charge in [-0.1, -0.05) is 13.3 Å². The van der Waals surface area contributed by atoms with E-state index < -0.39 is 14.9 Å². The Labute approximate surface area is 112 Å². The van der Waals surface area contributed by atoms with Crippen molar-refractivity contribution >= 4 is 21.4 Å². The van der Waals surface area contributed by atoms with E-state index in [1.54, 1.807) is 0 Å². The fourth-order valence-electron chi connectivity index (χ4n) is 1.51. The summed E-state index contributed by atoms with van der Waals surface area (Å²) in [7, 11) is -2.16. The second-order valence-corrected chi connectivity index (χ2v) is 5.70. The van der Waals surface area contributed by atoms with Crippen molar-refractivity contribution in [2.75, 3.05) is 18.9 Å². The summed E-state index contributed by atoms with van der Waals surface area (Å²) in [5.74, 6) is 0. The molecule has 1 aromatic carbocycles. The first kappa shape index (κ1) is 15.4. The van der Waals surface area contributed by atoms with E-state index in [0.717, 1.165) is 18.9 Å². The molecule has 0 fully saturated rings. The molecule has 0 aliphatic carbocycles. The van der Waals surface area contributed by atoms with Gasteiger partial charge in [-0.2, -0.15) is 0 Å². The maximum absolute atomic E-state index is 11.9. The van der Waals surface area contributed by atoms with Crippen molar-refractivity contribution < 1.29 is 13.3 Å². The maximum Gasteiger partial charge on any atom is 0.293 e. The molecule has 0 atom stereocenters. The molecule has 7 nitrogen and oxygen atoms in total. The highest BCUT2D eigenvalue weighted by Crippen LogP contribution is 2.26. The Morgan fingerprint density at radius 2 is 2.05 bits per heavy atom. The van der Waals surface area contributed by atoms with Crippen LogP contribution in [0.15, 0.2) is 23.1 Å². The SMILES string of the molecule is CCCCNS(=O)(=O)c1ccc(NC)c([N+](=O)[O-])c1. The molecule has 0 saturated carbocycles. The highest BCUT2D eigenvalue weighted by Gasteiger charge is 2.20. The van der Waals surface area contributed by atoms with Crippen molar-refractivity contribution in [2.45, 2.75) is 24.7 Å². The minimum Gasteiger partial charge on any atom is -0.383 e. The van der Waals surface area contributed by atoms with Gasteiger partial charge in [0.2, 0.25) is 10.0 Å². The Bertz CT molecular complexity index is 557. The highest BCUT2D eigenvalue weighted by atomic mass is 32.2. The van der Waals surface area contributed by atoms with Gasteiger partial charge in [0.25, 0.3) is 5.69 Å². The topological polar surface area (TPSA) is 101 Å². The standard InChI is InChI=1S/C11H17N3O4S/c1-3-4-7-13-19(17,18)9-5-6-10(12-2)11(8-9)14(15)16/h5-6,8,12-13H,3-4,7H2,1-2H3. The molecular formula is C11H17N3O4S. The lowest BCUT2D eigenvalue weighted by Crippen LogP contribution is -2.24. The van der Waals surface area contributed by atoms with Crippen LogP contribution in [0, 0.1) is 10.1 Å². The third kappa shape index (κ3) is 3.90. The predicted molar refractivity (Wildman–Crippen MR) is 72.7 cm³/mol. The van der Waals surface area contributed by atoms with Gasteiger partial charge in [-0.15, -0.1) is 0 Å². The molecule has 2 N–H and O–H groups in total. The van der Waals surface area contributed by atoms with Crippen LogP contribution in [-0.4, -0.2) is 26.9 Å². The van der Waals surface area contributed by atoms with Gasteiger partial charge in [0, 0.05) is 19.7 Å². The normalized spacial score (nSPS) is 11.3. The van der Waals surface area contributed by atoms with E-state index in [9.17, 15) is 18.5 Å². The molecule has 0 aromatic heterocycles. The number of sulfonamides is 1. The Hall–Kier alpha value is -1.67. The molecule has 0 heterocycles. The average Bonchev–Trinajstić information content (AvgIpc) is 2.38. The van der Waals surface area contributed by atoms with Crippen LogP contribution in [0.2, 0.25) is 0 Å². The molecule has 0 bridgehead atoms. The number of hydrogen-bond acceptors (Lipinski definition) is 5. The van der Waals surface area contributed by atoms with E-state index in [4.69, 9.17) is 0 Å². The van der Waals surface area contributed by atoms with Gasteiger partial charge in [0.05, 0.1) is 9.82 Å². The largest absolute Gasteiger partial charge is 0.383 e. The number of benzene rings is 1. The van der Waals surface area contributed by atoms with Crippen molar-refractivity contribution in [3.05, 3.63) is 28.3 Å². The Morgan fingerprint density at radius 1 is 1.37 bits per heavy atom. The Morgan fingerprint density at radius 3 is 2.58 bits per heavy atom. The second kappa shape index (κ2) is 6.48. The zero-order valence-corrected chi connectivity index (χ0v) is 11.7. The zero-order chi connectivity index (χ0) is 14.5. The maximum atomic E-state index is 11.9. The molecular weight excluding hydrogens is 270 g/mol. The number of nitrogens with one attached hydrogen (secondary N) is 2. The van der Waals surface area contributed by atoms with Gasteiger partial charge in [-0.3, -0.25) is 10.1 Å². The first-order valence-electron chi connectivity index (χ1n) is 5.88. The van der Waals surface area contributed by atoms with E-state index in [1.807, 2.05) is 6.92 Å². The van der Waals surface area contributed by atoms with E-state index in [1.165, 1.54) is 19.2 Å². The summed E-state index contributed by atoms with van der Waals surface area (Å²) >= 11 is 0. The molecule has 106 valence electrons. The van der Waals surface area contributed by atoms with Crippen LogP contribution < -0.4 is 10.0 Å². The van der Waals surface area contributed by atoms with Crippen molar-refractivity contribution in [1.29, 1.82) is 0 Å². The number of rotatable bonds is 7. The van der Waals surface area contributed by atoms with Crippen LogP contribution in [0.4, 0.5) is 11.4 Å². The number of nitro groups is 1. The molecule has 0 saturated heterocycles. The molecule has 0 aliphatic rings. The lowest BCUT2D eigenvalue weighted by atomic mass is 10.3. The monoisotopic (exact) mass is 287 g/mol. The average molecular weight is 287 g/mol. The van der Waals surface area contributed by atoms with E-state index >= 15 is 0 Å². The fraction of sp³-hybridized carbons (Fsp3) is 0.455. The molecule has 1 rings (SSSR count). The molecule has 19 heavy (non-hydrogen) atoms. The molecule has 0 amide bonds. The summed E-state index contributed by atoms with van der Waals surface area (Å²) < 4.78 is 26.3. The number of nitrogens with zero attached hydrogens (tertiary/aromatic N) is 1. The quantitative estimate of drug-likeness (QED) is 0.451. The van der Waals surface area contributed by atoms with E-state index in [0.29, 0.717) is 6.54 Å². The summed E-state index contributed by atoms with van der Waals surface area (Å²) in [6.45, 7) is 2.27. The number of unbranched alkanes of at least 4 members (excludes halogenated alkanes) is 1. The van der Waals surface area contributed by atoms with Crippen LogP contribution in [0.5, 0.6) is 0 Å². The Kier molecular flexibility index (Phi) is 5.25. The second-order valence-electron chi connectivity index (χ2n) is 3.94. The summed E-state index contributed by atoms with van der Waals surface area (Å²) in [6.07, 6.45) is 1.58. The summed E-state index contributed by atoms with van der Waals surface area (Å²) in [4.78, 5) is 10.2. The summed E-state index contributed by atoms with van der Waals surface area (Å²) in [5.41, 5.74) is 0.0124. The molecule has 8 heteroatoms. The minimum atomic E-state index is -3.70. The Balaban J connectivity index is 3.07. The van der Waals surface area contributed by atoms with Gasteiger partial charge in [0.1, 0.15) is 5.69 Å². The first-order chi connectivity index (χ1) is 8.92. The number of nitro benzene ring substituents is 1. The summed E-state index contributed by atoms with van der Waals surface area (Å²) in [6, 6.07) is 3.78. The third-order valence-electron chi connectivity index (χ3n) is 2.57. The van der Waals surface area contributed by atoms with E-state index in [-0.39, 0.29) is 16.3 Å². The van der Waals surface area contributed by atoms with E-state index in [2.05, 4.69) is 10.0 Å². The molecule has 0 aliphatic heterocycles. The van der Waals surface area contributed by atoms with Gasteiger partial charge in [-0.25, -0.2) is 13.1 Å².